The highest BCUT2D eigenvalue weighted by atomic mass is 16.6. The lowest BCUT2D eigenvalue weighted by molar-refractivity contribution is -0.164. The lowest BCUT2D eigenvalue weighted by Gasteiger charge is -2.42. The number of fused-ring (bicyclic) bond motifs is 2. The zero-order chi connectivity index (χ0) is 21.0. The predicted octanol–water partition coefficient (Wildman–Crippen LogP) is 2.01. The lowest BCUT2D eigenvalue weighted by Crippen LogP contribution is -2.50. The largest absolute Gasteiger partial charge is 0.462 e. The van der Waals surface area contributed by atoms with Crippen molar-refractivity contribution in [2.45, 2.75) is 71.9 Å². The molecule has 7 nitrogen and oxygen atoms in total. The molecule has 7 heteroatoms. The van der Waals surface area contributed by atoms with E-state index in [1.807, 2.05) is 13.8 Å². The third-order valence-electron chi connectivity index (χ3n) is 6.82. The average molecular weight is 394 g/mol. The topological polar surface area (TPSA) is 99.1 Å². The minimum Gasteiger partial charge on any atom is -0.462 e. The molecule has 28 heavy (non-hydrogen) atoms. The van der Waals surface area contributed by atoms with E-state index in [1.165, 1.54) is 6.92 Å². The van der Waals surface area contributed by atoms with E-state index in [2.05, 4.69) is 6.58 Å². The SMILES string of the molecule is C=C1C(=O)OC2CC(C)C3C(OC(=O)C(C)C)CC(OC(C)=O)C3(C)C(O)C12. The van der Waals surface area contributed by atoms with Gasteiger partial charge in [-0.15, -0.1) is 0 Å². The Labute approximate surface area is 165 Å². The summed E-state index contributed by atoms with van der Waals surface area (Å²) in [7, 11) is 0. The highest BCUT2D eigenvalue weighted by molar-refractivity contribution is 5.91. The Balaban J connectivity index is 2.03. The summed E-state index contributed by atoms with van der Waals surface area (Å²) in [5.74, 6) is -2.40. The summed E-state index contributed by atoms with van der Waals surface area (Å²) in [4.78, 5) is 36.1. The molecule has 1 saturated heterocycles. The molecule has 1 aliphatic heterocycles. The highest BCUT2D eigenvalue weighted by Gasteiger charge is 2.66. The van der Waals surface area contributed by atoms with E-state index >= 15 is 0 Å². The van der Waals surface area contributed by atoms with Gasteiger partial charge in [-0.1, -0.05) is 34.3 Å². The fourth-order valence-electron chi connectivity index (χ4n) is 5.51. The lowest BCUT2D eigenvalue weighted by atomic mass is 9.67. The zero-order valence-electron chi connectivity index (χ0n) is 17.1. The van der Waals surface area contributed by atoms with Crippen LogP contribution in [0.4, 0.5) is 0 Å². The molecule has 8 unspecified atom stereocenters. The van der Waals surface area contributed by atoms with E-state index in [1.54, 1.807) is 13.8 Å². The maximum atomic E-state index is 12.3. The summed E-state index contributed by atoms with van der Waals surface area (Å²) in [6.07, 6.45) is -1.78. The number of ether oxygens (including phenoxy) is 3. The second kappa shape index (κ2) is 7.17. The molecule has 3 aliphatic rings. The minimum atomic E-state index is -1.02. The second-order valence-electron chi connectivity index (χ2n) is 9.01. The Morgan fingerprint density at radius 1 is 1.29 bits per heavy atom. The van der Waals surface area contributed by atoms with Gasteiger partial charge in [0.2, 0.25) is 0 Å². The third-order valence-corrected chi connectivity index (χ3v) is 6.82. The Hall–Kier alpha value is -1.89. The molecule has 0 bridgehead atoms. The first kappa shape index (κ1) is 20.8. The van der Waals surface area contributed by atoms with Gasteiger partial charge in [-0.25, -0.2) is 4.79 Å². The van der Waals surface area contributed by atoms with Crippen molar-refractivity contribution in [2.24, 2.45) is 29.1 Å². The van der Waals surface area contributed by atoms with E-state index < -0.39 is 47.7 Å². The number of esters is 3. The first-order chi connectivity index (χ1) is 13.0. The molecule has 8 atom stereocenters. The van der Waals surface area contributed by atoms with Crippen LogP contribution in [0, 0.1) is 29.1 Å². The van der Waals surface area contributed by atoms with Crippen LogP contribution in [-0.2, 0) is 28.6 Å². The fourth-order valence-corrected chi connectivity index (χ4v) is 5.51. The Kier molecular flexibility index (Phi) is 5.34. The molecule has 0 aromatic heterocycles. The number of carbonyl (C=O) groups is 3. The maximum Gasteiger partial charge on any atom is 0.334 e. The van der Waals surface area contributed by atoms with Crippen molar-refractivity contribution in [1.82, 2.24) is 0 Å². The fraction of sp³-hybridized carbons (Fsp3) is 0.762. The van der Waals surface area contributed by atoms with Gasteiger partial charge in [0.1, 0.15) is 18.3 Å². The average Bonchev–Trinajstić information content (AvgIpc) is 2.98. The number of hydrogen-bond donors (Lipinski definition) is 1. The monoisotopic (exact) mass is 394 g/mol. The highest BCUT2D eigenvalue weighted by Crippen LogP contribution is 2.58. The van der Waals surface area contributed by atoms with Crippen molar-refractivity contribution in [2.75, 3.05) is 0 Å². The molecule has 1 N–H and O–H groups in total. The number of aliphatic hydroxyl groups is 1. The molecular weight excluding hydrogens is 364 g/mol. The Morgan fingerprint density at radius 3 is 2.50 bits per heavy atom. The van der Waals surface area contributed by atoms with E-state index in [4.69, 9.17) is 14.2 Å². The molecule has 2 aliphatic carbocycles. The van der Waals surface area contributed by atoms with Gasteiger partial charge in [0, 0.05) is 30.3 Å². The normalized spacial score (nSPS) is 42.5. The van der Waals surface area contributed by atoms with Crippen molar-refractivity contribution in [1.29, 1.82) is 0 Å². The summed E-state index contributed by atoms with van der Waals surface area (Å²) in [6, 6.07) is 0. The summed E-state index contributed by atoms with van der Waals surface area (Å²) < 4.78 is 16.9. The quantitative estimate of drug-likeness (QED) is 0.444. The Bertz CT molecular complexity index is 699. The molecule has 0 aromatic rings. The van der Waals surface area contributed by atoms with Gasteiger partial charge in [-0.2, -0.15) is 0 Å². The van der Waals surface area contributed by atoms with Gasteiger partial charge in [0.25, 0.3) is 0 Å². The standard InChI is InChI=1S/C21H30O7/c1-9(2)19(24)28-14-8-15(26-12(5)22)21(6)17(14)10(3)7-13-16(18(21)23)11(4)20(25)27-13/h9-10,13-18,23H,4,7-8H2,1-3,5-6H3. The first-order valence-electron chi connectivity index (χ1n) is 9.94. The van der Waals surface area contributed by atoms with Crippen molar-refractivity contribution in [3.05, 3.63) is 12.2 Å². The van der Waals surface area contributed by atoms with Gasteiger partial charge < -0.3 is 19.3 Å². The van der Waals surface area contributed by atoms with Crippen molar-refractivity contribution < 1.29 is 33.7 Å². The molecular formula is C21H30O7. The van der Waals surface area contributed by atoms with Gasteiger partial charge in [-0.3, -0.25) is 9.59 Å². The second-order valence-corrected chi connectivity index (χ2v) is 9.01. The first-order valence-corrected chi connectivity index (χ1v) is 9.94. The smallest absolute Gasteiger partial charge is 0.334 e. The van der Waals surface area contributed by atoms with Crippen molar-refractivity contribution >= 4 is 17.9 Å². The number of aliphatic hydroxyl groups excluding tert-OH is 1. The van der Waals surface area contributed by atoms with Crippen LogP contribution < -0.4 is 0 Å². The maximum absolute atomic E-state index is 12.3. The van der Waals surface area contributed by atoms with E-state index in [0.717, 1.165) is 0 Å². The summed E-state index contributed by atoms with van der Waals surface area (Å²) in [5, 5.41) is 11.4. The summed E-state index contributed by atoms with van der Waals surface area (Å²) in [6.45, 7) is 12.5. The molecule has 0 aromatic carbocycles. The van der Waals surface area contributed by atoms with Gasteiger partial charge >= 0.3 is 17.9 Å². The van der Waals surface area contributed by atoms with Crippen LogP contribution in [0.15, 0.2) is 12.2 Å². The molecule has 156 valence electrons. The zero-order valence-corrected chi connectivity index (χ0v) is 17.1. The molecule has 0 amide bonds. The number of hydrogen-bond acceptors (Lipinski definition) is 7. The van der Waals surface area contributed by atoms with Crippen LogP contribution in [-0.4, -0.2) is 47.4 Å². The van der Waals surface area contributed by atoms with Crippen LogP contribution in [0.25, 0.3) is 0 Å². The van der Waals surface area contributed by atoms with Crippen LogP contribution >= 0.6 is 0 Å². The molecule has 0 spiro atoms. The molecule has 3 rings (SSSR count). The van der Waals surface area contributed by atoms with Crippen LogP contribution in [0.3, 0.4) is 0 Å². The van der Waals surface area contributed by atoms with Crippen LogP contribution in [0.1, 0.15) is 47.5 Å². The molecule has 2 saturated carbocycles. The number of carbonyl (C=O) groups excluding carboxylic acids is 3. The van der Waals surface area contributed by atoms with E-state index in [9.17, 15) is 19.5 Å². The summed E-state index contributed by atoms with van der Waals surface area (Å²) >= 11 is 0. The van der Waals surface area contributed by atoms with E-state index in [0.29, 0.717) is 12.8 Å². The molecule has 1 heterocycles. The van der Waals surface area contributed by atoms with E-state index in [-0.39, 0.29) is 29.3 Å². The molecule has 0 radical (unpaired) electrons. The predicted molar refractivity (Wildman–Crippen MR) is 98.8 cm³/mol. The molecule has 3 fully saturated rings. The van der Waals surface area contributed by atoms with Gasteiger partial charge in [-0.05, 0) is 12.3 Å². The minimum absolute atomic E-state index is 0.0288. The number of rotatable bonds is 3. The Morgan fingerprint density at radius 2 is 1.93 bits per heavy atom. The van der Waals surface area contributed by atoms with Gasteiger partial charge in [0.15, 0.2) is 0 Å². The third kappa shape index (κ3) is 3.13. The van der Waals surface area contributed by atoms with Crippen LogP contribution in [0.5, 0.6) is 0 Å². The van der Waals surface area contributed by atoms with Crippen molar-refractivity contribution in [3.63, 3.8) is 0 Å². The van der Waals surface area contributed by atoms with Gasteiger partial charge in [0.05, 0.1) is 17.9 Å². The van der Waals surface area contributed by atoms with Crippen LogP contribution in [0.2, 0.25) is 0 Å². The summed E-state index contributed by atoms with van der Waals surface area (Å²) in [5.41, 5.74) is -0.653. The van der Waals surface area contributed by atoms with Crippen molar-refractivity contribution in [3.8, 4) is 0 Å².